The van der Waals surface area contributed by atoms with Gasteiger partial charge in [0.1, 0.15) is 17.3 Å². The van der Waals surface area contributed by atoms with E-state index in [9.17, 15) is 0 Å². The summed E-state index contributed by atoms with van der Waals surface area (Å²) < 4.78 is 11.0. The minimum atomic E-state index is 0.435. The zero-order valence-corrected chi connectivity index (χ0v) is 12.9. The fourth-order valence-electron chi connectivity index (χ4n) is 1.96. The number of nitrogens with one attached hydrogen (secondary N) is 1. The first-order valence-corrected chi connectivity index (χ1v) is 7.17. The largest absolute Gasteiger partial charge is 0.496 e. The molecule has 0 bridgehead atoms. The highest BCUT2D eigenvalue weighted by atomic mass is 32.2. The summed E-state index contributed by atoms with van der Waals surface area (Å²) in [6, 6.07) is 5.76. The lowest BCUT2D eigenvalue weighted by Gasteiger charge is -2.15. The van der Waals surface area contributed by atoms with Crippen molar-refractivity contribution in [2.24, 2.45) is 0 Å². The molecule has 1 aromatic heterocycles. The fourth-order valence-corrected chi connectivity index (χ4v) is 2.85. The second-order valence-electron chi connectivity index (χ2n) is 4.58. The average Bonchev–Trinajstić information content (AvgIpc) is 2.83. The maximum atomic E-state index is 5.67. The summed E-state index contributed by atoms with van der Waals surface area (Å²) >= 11 is 1.76. The minimum Gasteiger partial charge on any atom is -0.496 e. The number of hydrogen-bond donors (Lipinski definition) is 2. The van der Waals surface area contributed by atoms with Gasteiger partial charge in [-0.3, -0.25) is 5.10 Å². The van der Waals surface area contributed by atoms with Gasteiger partial charge in [0.15, 0.2) is 0 Å². The van der Waals surface area contributed by atoms with Crippen LogP contribution >= 0.6 is 11.8 Å². The van der Waals surface area contributed by atoms with Crippen LogP contribution < -0.4 is 15.2 Å². The van der Waals surface area contributed by atoms with Crippen LogP contribution in [0.3, 0.4) is 0 Å². The molecule has 0 radical (unpaired) electrons. The number of rotatable bonds is 5. The molecule has 2 aromatic rings. The quantitative estimate of drug-likeness (QED) is 0.828. The predicted molar refractivity (Wildman–Crippen MR) is 82.5 cm³/mol. The van der Waals surface area contributed by atoms with Crippen LogP contribution in [0.4, 0.5) is 5.82 Å². The molecule has 3 N–H and O–H groups in total. The van der Waals surface area contributed by atoms with Gasteiger partial charge < -0.3 is 15.2 Å². The Hall–Kier alpha value is -1.82. The second-order valence-corrected chi connectivity index (χ2v) is 6.23. The molecule has 108 valence electrons. The van der Waals surface area contributed by atoms with Crippen LogP contribution in [0.1, 0.15) is 13.8 Å². The molecule has 0 spiro atoms. The molecule has 6 heteroatoms. The number of nitrogens with two attached hydrogens (primary N) is 1. The van der Waals surface area contributed by atoms with E-state index < -0.39 is 0 Å². The summed E-state index contributed by atoms with van der Waals surface area (Å²) in [6.07, 6.45) is 0. The Labute approximate surface area is 122 Å². The molecule has 0 aliphatic carbocycles. The maximum Gasteiger partial charge on any atom is 0.145 e. The number of ether oxygens (including phenoxy) is 2. The Balaban J connectivity index is 2.55. The van der Waals surface area contributed by atoms with Gasteiger partial charge in [0.25, 0.3) is 0 Å². The lowest BCUT2D eigenvalue weighted by atomic mass is 10.1. The van der Waals surface area contributed by atoms with Crippen LogP contribution in [0, 0.1) is 0 Å². The number of hydrogen-bond acceptors (Lipinski definition) is 5. The van der Waals surface area contributed by atoms with Crippen LogP contribution in [0.2, 0.25) is 0 Å². The zero-order valence-electron chi connectivity index (χ0n) is 12.1. The molecule has 1 aromatic carbocycles. The van der Waals surface area contributed by atoms with E-state index in [1.807, 2.05) is 12.1 Å². The molecular weight excluding hydrogens is 274 g/mol. The van der Waals surface area contributed by atoms with Gasteiger partial charge >= 0.3 is 0 Å². The lowest BCUT2D eigenvalue weighted by Crippen LogP contribution is -1.95. The van der Waals surface area contributed by atoms with E-state index in [-0.39, 0.29) is 0 Å². The van der Waals surface area contributed by atoms with E-state index in [0.717, 1.165) is 27.7 Å². The van der Waals surface area contributed by atoms with Crippen molar-refractivity contribution < 1.29 is 9.47 Å². The lowest BCUT2D eigenvalue weighted by molar-refractivity contribution is 0.395. The van der Waals surface area contributed by atoms with Crippen LogP contribution in [-0.4, -0.2) is 29.7 Å². The SMILES string of the molecule is COc1cc(SC(C)C)cc(OC)c1-c1cc(N)n[nH]1. The third kappa shape index (κ3) is 3.01. The standard InChI is InChI=1S/C14H19N3O2S/c1-8(2)20-9-5-11(18-3)14(12(6-9)19-4)10-7-13(15)17-16-10/h5-8H,1-4H3,(H3,15,16,17). The molecule has 1 heterocycles. The first kappa shape index (κ1) is 14.6. The van der Waals surface area contributed by atoms with E-state index >= 15 is 0 Å². The van der Waals surface area contributed by atoms with E-state index in [1.54, 1.807) is 32.0 Å². The normalized spacial score (nSPS) is 10.8. The topological polar surface area (TPSA) is 73.2 Å². The van der Waals surface area contributed by atoms with Crippen molar-refractivity contribution in [3.05, 3.63) is 18.2 Å². The molecule has 0 saturated carbocycles. The Bertz CT molecular complexity index is 571. The van der Waals surface area contributed by atoms with E-state index in [2.05, 4.69) is 24.0 Å². The highest BCUT2D eigenvalue weighted by Gasteiger charge is 2.17. The molecule has 0 saturated heterocycles. The van der Waals surface area contributed by atoms with Crippen molar-refractivity contribution in [1.82, 2.24) is 10.2 Å². The molecule has 2 rings (SSSR count). The monoisotopic (exact) mass is 293 g/mol. The fraction of sp³-hybridized carbons (Fsp3) is 0.357. The number of thioether (sulfide) groups is 1. The number of methoxy groups -OCH3 is 2. The Morgan fingerprint density at radius 2 is 1.75 bits per heavy atom. The molecule has 0 aliphatic heterocycles. The summed E-state index contributed by atoms with van der Waals surface area (Å²) in [6.45, 7) is 4.29. The van der Waals surface area contributed by atoms with Gasteiger partial charge in [0.05, 0.1) is 25.5 Å². The smallest absolute Gasteiger partial charge is 0.145 e. The summed E-state index contributed by atoms with van der Waals surface area (Å²) in [7, 11) is 3.28. The number of aromatic amines is 1. The number of H-pyrrole nitrogens is 1. The minimum absolute atomic E-state index is 0.435. The number of aromatic nitrogens is 2. The first-order valence-electron chi connectivity index (χ1n) is 6.29. The van der Waals surface area contributed by atoms with E-state index in [1.165, 1.54) is 0 Å². The van der Waals surface area contributed by atoms with Gasteiger partial charge in [-0.1, -0.05) is 13.8 Å². The van der Waals surface area contributed by atoms with Crippen molar-refractivity contribution in [1.29, 1.82) is 0 Å². The highest BCUT2D eigenvalue weighted by Crippen LogP contribution is 2.42. The molecule has 0 aliphatic rings. The first-order chi connectivity index (χ1) is 9.55. The summed E-state index contributed by atoms with van der Waals surface area (Å²) in [4.78, 5) is 1.10. The Morgan fingerprint density at radius 3 is 2.15 bits per heavy atom. The van der Waals surface area contributed by atoms with Crippen molar-refractivity contribution in [3.63, 3.8) is 0 Å². The number of anilines is 1. The van der Waals surface area contributed by atoms with Crippen molar-refractivity contribution in [3.8, 4) is 22.8 Å². The van der Waals surface area contributed by atoms with Gasteiger partial charge in [0, 0.05) is 16.2 Å². The van der Waals surface area contributed by atoms with Crippen LogP contribution in [-0.2, 0) is 0 Å². The van der Waals surface area contributed by atoms with Crippen LogP contribution in [0.25, 0.3) is 11.3 Å². The molecule has 0 unspecified atom stereocenters. The molecular formula is C14H19N3O2S. The number of benzene rings is 1. The third-order valence-corrected chi connectivity index (χ3v) is 3.70. The van der Waals surface area contributed by atoms with Crippen molar-refractivity contribution in [2.75, 3.05) is 20.0 Å². The average molecular weight is 293 g/mol. The van der Waals surface area contributed by atoms with Crippen LogP contribution in [0.5, 0.6) is 11.5 Å². The Kier molecular flexibility index (Phi) is 4.44. The zero-order chi connectivity index (χ0) is 14.7. The molecule has 0 atom stereocenters. The molecule has 20 heavy (non-hydrogen) atoms. The summed E-state index contributed by atoms with van der Waals surface area (Å²) in [5.41, 5.74) is 7.27. The van der Waals surface area contributed by atoms with Gasteiger partial charge in [-0.25, -0.2) is 0 Å². The molecule has 0 amide bonds. The van der Waals surface area contributed by atoms with E-state index in [4.69, 9.17) is 15.2 Å². The van der Waals surface area contributed by atoms with E-state index in [0.29, 0.717) is 11.1 Å². The van der Waals surface area contributed by atoms with Crippen LogP contribution in [0.15, 0.2) is 23.1 Å². The highest BCUT2D eigenvalue weighted by molar-refractivity contribution is 7.99. The third-order valence-electron chi connectivity index (χ3n) is 2.72. The predicted octanol–water partition coefficient (Wildman–Crippen LogP) is 3.18. The molecule has 5 nitrogen and oxygen atoms in total. The number of nitrogen functional groups attached to an aromatic ring is 1. The van der Waals surface area contributed by atoms with Crippen molar-refractivity contribution >= 4 is 17.6 Å². The maximum absolute atomic E-state index is 5.67. The van der Waals surface area contributed by atoms with Gasteiger partial charge in [0.2, 0.25) is 0 Å². The second kappa shape index (κ2) is 6.09. The van der Waals surface area contributed by atoms with Gasteiger partial charge in [-0.2, -0.15) is 5.10 Å². The summed E-state index contributed by atoms with van der Waals surface area (Å²) in [5, 5.41) is 7.33. The number of nitrogens with zero attached hydrogens (tertiary/aromatic N) is 1. The van der Waals surface area contributed by atoms with Gasteiger partial charge in [-0.15, -0.1) is 11.8 Å². The summed E-state index contributed by atoms with van der Waals surface area (Å²) in [5.74, 6) is 1.90. The van der Waals surface area contributed by atoms with Crippen molar-refractivity contribution in [2.45, 2.75) is 24.0 Å². The molecule has 0 fully saturated rings. The Morgan fingerprint density at radius 1 is 1.15 bits per heavy atom. The van der Waals surface area contributed by atoms with Gasteiger partial charge in [-0.05, 0) is 12.1 Å².